The predicted octanol–water partition coefficient (Wildman–Crippen LogP) is 2.44. The third kappa shape index (κ3) is 5.16. The van der Waals surface area contributed by atoms with Crippen LogP contribution in [0.4, 0.5) is 0 Å². The number of carbonyl (C=O) groups is 1. The number of hydrogen-bond acceptors (Lipinski definition) is 3. The standard InChI is InChI=1S/C20H24N2O3S/c1-26(24,25)21-19-8-5-13-22(15-19)20(23)14-16-9-11-18(12-10-16)17-6-3-2-4-7-17/h2-4,6-7,9-12,19,21H,5,8,13-15H2,1H3. The van der Waals surface area contributed by atoms with E-state index >= 15 is 0 Å². The number of rotatable bonds is 5. The first-order valence-electron chi connectivity index (χ1n) is 8.80. The minimum absolute atomic E-state index is 0.0393. The Labute approximate surface area is 155 Å². The quantitative estimate of drug-likeness (QED) is 0.877. The summed E-state index contributed by atoms with van der Waals surface area (Å²) < 4.78 is 25.4. The van der Waals surface area contributed by atoms with Crippen LogP contribution in [0.15, 0.2) is 54.6 Å². The maximum Gasteiger partial charge on any atom is 0.227 e. The predicted molar refractivity (Wildman–Crippen MR) is 103 cm³/mol. The Bertz CT molecular complexity index is 848. The van der Waals surface area contributed by atoms with Gasteiger partial charge in [-0.2, -0.15) is 0 Å². The van der Waals surface area contributed by atoms with E-state index in [4.69, 9.17) is 0 Å². The molecule has 138 valence electrons. The normalized spacial score (nSPS) is 17.9. The van der Waals surface area contributed by atoms with E-state index in [0.717, 1.165) is 35.8 Å². The summed E-state index contributed by atoms with van der Waals surface area (Å²) in [7, 11) is -3.25. The molecule has 0 aliphatic carbocycles. The summed E-state index contributed by atoms with van der Waals surface area (Å²) in [5.74, 6) is 0.0393. The molecule has 0 saturated carbocycles. The summed E-state index contributed by atoms with van der Waals surface area (Å²) in [6, 6.07) is 17.9. The fourth-order valence-corrected chi connectivity index (χ4v) is 4.13. The van der Waals surface area contributed by atoms with Crippen LogP contribution in [-0.4, -0.2) is 44.6 Å². The zero-order valence-corrected chi connectivity index (χ0v) is 15.7. The second-order valence-corrected chi connectivity index (χ2v) is 8.59. The Morgan fingerprint density at radius 3 is 2.38 bits per heavy atom. The monoisotopic (exact) mass is 372 g/mol. The van der Waals surface area contributed by atoms with Crippen molar-refractivity contribution in [1.29, 1.82) is 0 Å². The highest BCUT2D eigenvalue weighted by atomic mass is 32.2. The van der Waals surface area contributed by atoms with Crippen molar-refractivity contribution in [1.82, 2.24) is 9.62 Å². The smallest absolute Gasteiger partial charge is 0.227 e. The van der Waals surface area contributed by atoms with Gasteiger partial charge in [0.15, 0.2) is 0 Å². The number of amides is 1. The van der Waals surface area contributed by atoms with Gasteiger partial charge in [-0.25, -0.2) is 13.1 Å². The van der Waals surface area contributed by atoms with Crippen molar-refractivity contribution in [3.8, 4) is 11.1 Å². The topological polar surface area (TPSA) is 66.5 Å². The zero-order valence-electron chi connectivity index (χ0n) is 14.9. The molecular weight excluding hydrogens is 348 g/mol. The summed E-state index contributed by atoms with van der Waals surface area (Å²) in [5, 5.41) is 0. The summed E-state index contributed by atoms with van der Waals surface area (Å²) in [6.45, 7) is 1.12. The van der Waals surface area contributed by atoms with E-state index in [1.54, 1.807) is 4.90 Å². The van der Waals surface area contributed by atoms with Gasteiger partial charge in [-0.15, -0.1) is 0 Å². The minimum Gasteiger partial charge on any atom is -0.341 e. The fraction of sp³-hybridized carbons (Fsp3) is 0.350. The van der Waals surface area contributed by atoms with Crippen molar-refractivity contribution < 1.29 is 13.2 Å². The van der Waals surface area contributed by atoms with Crippen LogP contribution in [0.5, 0.6) is 0 Å². The molecule has 1 unspecified atom stereocenters. The molecule has 1 aliphatic rings. The van der Waals surface area contributed by atoms with Crippen LogP contribution in [0.2, 0.25) is 0 Å². The van der Waals surface area contributed by atoms with Crippen molar-refractivity contribution in [3.63, 3.8) is 0 Å². The molecule has 2 aromatic rings. The average molecular weight is 372 g/mol. The highest BCUT2D eigenvalue weighted by Crippen LogP contribution is 2.20. The third-order valence-electron chi connectivity index (χ3n) is 4.57. The molecule has 26 heavy (non-hydrogen) atoms. The SMILES string of the molecule is CS(=O)(=O)NC1CCCN(C(=O)Cc2ccc(-c3ccccc3)cc2)C1. The lowest BCUT2D eigenvalue weighted by molar-refractivity contribution is -0.131. The van der Waals surface area contributed by atoms with Crippen LogP contribution in [0.25, 0.3) is 11.1 Å². The maximum atomic E-state index is 12.6. The van der Waals surface area contributed by atoms with Crippen molar-refractivity contribution in [2.45, 2.75) is 25.3 Å². The Morgan fingerprint density at radius 1 is 1.08 bits per heavy atom. The first-order valence-corrected chi connectivity index (χ1v) is 10.7. The van der Waals surface area contributed by atoms with Gasteiger partial charge in [-0.3, -0.25) is 4.79 Å². The number of hydrogen-bond donors (Lipinski definition) is 1. The molecule has 1 saturated heterocycles. The molecule has 0 bridgehead atoms. The number of sulfonamides is 1. The van der Waals surface area contributed by atoms with E-state index in [9.17, 15) is 13.2 Å². The largest absolute Gasteiger partial charge is 0.341 e. The first kappa shape index (κ1) is 18.6. The lowest BCUT2D eigenvalue weighted by atomic mass is 10.0. The molecule has 1 aliphatic heterocycles. The van der Waals surface area contributed by atoms with Gasteiger partial charge < -0.3 is 4.90 Å². The highest BCUT2D eigenvalue weighted by molar-refractivity contribution is 7.88. The number of nitrogens with one attached hydrogen (secondary N) is 1. The molecule has 1 N–H and O–H groups in total. The van der Waals surface area contributed by atoms with E-state index in [1.807, 2.05) is 42.5 Å². The lowest BCUT2D eigenvalue weighted by Crippen LogP contribution is -2.49. The van der Waals surface area contributed by atoms with Crippen molar-refractivity contribution >= 4 is 15.9 Å². The van der Waals surface area contributed by atoms with Gasteiger partial charge in [0, 0.05) is 19.1 Å². The number of nitrogens with zero attached hydrogens (tertiary/aromatic N) is 1. The van der Waals surface area contributed by atoms with Crippen molar-refractivity contribution in [3.05, 3.63) is 60.2 Å². The number of likely N-dealkylation sites (tertiary alicyclic amines) is 1. The molecule has 1 heterocycles. The maximum absolute atomic E-state index is 12.6. The summed E-state index contributed by atoms with van der Waals surface area (Å²) in [4.78, 5) is 14.3. The van der Waals surface area contributed by atoms with Gasteiger partial charge in [-0.1, -0.05) is 54.6 Å². The van der Waals surface area contributed by atoms with Gasteiger partial charge in [0.2, 0.25) is 15.9 Å². The van der Waals surface area contributed by atoms with Gasteiger partial charge in [0.05, 0.1) is 12.7 Å². The molecule has 3 rings (SSSR count). The van der Waals surface area contributed by atoms with Gasteiger partial charge in [-0.05, 0) is 29.5 Å². The van der Waals surface area contributed by atoms with E-state index < -0.39 is 10.0 Å². The fourth-order valence-electron chi connectivity index (χ4n) is 3.33. The number of carbonyl (C=O) groups excluding carboxylic acids is 1. The zero-order chi connectivity index (χ0) is 18.6. The van der Waals surface area contributed by atoms with Crippen LogP contribution < -0.4 is 4.72 Å². The van der Waals surface area contributed by atoms with E-state index in [1.165, 1.54) is 0 Å². The minimum atomic E-state index is -3.25. The van der Waals surface area contributed by atoms with E-state index in [2.05, 4.69) is 16.9 Å². The molecular formula is C20H24N2O3S. The molecule has 0 radical (unpaired) electrons. The molecule has 2 aromatic carbocycles. The lowest BCUT2D eigenvalue weighted by Gasteiger charge is -2.32. The summed E-state index contributed by atoms with van der Waals surface area (Å²) >= 11 is 0. The Kier molecular flexibility index (Phi) is 5.74. The molecule has 1 amide bonds. The first-order chi connectivity index (χ1) is 12.4. The highest BCUT2D eigenvalue weighted by Gasteiger charge is 2.25. The summed E-state index contributed by atoms with van der Waals surface area (Å²) in [6.07, 6.45) is 3.07. The van der Waals surface area contributed by atoms with Gasteiger partial charge in [0.1, 0.15) is 0 Å². The number of piperidine rings is 1. The second kappa shape index (κ2) is 8.01. The molecule has 1 atom stereocenters. The van der Waals surface area contributed by atoms with Crippen LogP contribution in [0.3, 0.4) is 0 Å². The van der Waals surface area contributed by atoms with Gasteiger partial charge in [0.25, 0.3) is 0 Å². The molecule has 5 nitrogen and oxygen atoms in total. The Balaban J connectivity index is 1.61. The molecule has 0 spiro atoms. The van der Waals surface area contributed by atoms with Crippen molar-refractivity contribution in [2.24, 2.45) is 0 Å². The summed E-state index contributed by atoms with van der Waals surface area (Å²) in [5.41, 5.74) is 3.24. The van der Waals surface area contributed by atoms with E-state index in [-0.39, 0.29) is 11.9 Å². The second-order valence-electron chi connectivity index (χ2n) is 6.81. The van der Waals surface area contributed by atoms with Crippen LogP contribution in [-0.2, 0) is 21.2 Å². The Morgan fingerprint density at radius 2 is 1.73 bits per heavy atom. The molecule has 6 heteroatoms. The van der Waals surface area contributed by atoms with Crippen LogP contribution in [0, 0.1) is 0 Å². The Hall–Kier alpha value is -2.18. The van der Waals surface area contributed by atoms with Crippen LogP contribution in [0.1, 0.15) is 18.4 Å². The third-order valence-corrected chi connectivity index (χ3v) is 5.33. The average Bonchev–Trinajstić information content (AvgIpc) is 2.62. The number of benzene rings is 2. The van der Waals surface area contributed by atoms with Crippen LogP contribution >= 0.6 is 0 Å². The molecule has 1 fully saturated rings. The molecule has 0 aromatic heterocycles. The van der Waals surface area contributed by atoms with E-state index in [0.29, 0.717) is 19.5 Å². The van der Waals surface area contributed by atoms with Gasteiger partial charge >= 0.3 is 0 Å². The van der Waals surface area contributed by atoms with Crippen molar-refractivity contribution in [2.75, 3.05) is 19.3 Å².